The molecule has 6 rings (SSSR count). The van der Waals surface area contributed by atoms with Gasteiger partial charge in [0, 0.05) is 39.9 Å². The Morgan fingerprint density at radius 1 is 0.875 bits per heavy atom. The Labute approximate surface area is 137 Å². The van der Waals surface area contributed by atoms with E-state index in [4.69, 9.17) is 0 Å². The average Bonchev–Trinajstić information content (AvgIpc) is 3.27. The fourth-order valence-electron chi connectivity index (χ4n) is 4.37. The molecule has 0 aliphatic heterocycles. The average molecular weight is 310 g/mol. The van der Waals surface area contributed by atoms with Crippen molar-refractivity contribution in [3.8, 4) is 17.0 Å². The van der Waals surface area contributed by atoms with Crippen molar-refractivity contribution in [2.75, 3.05) is 0 Å². The summed E-state index contributed by atoms with van der Waals surface area (Å²) in [6.07, 6.45) is 2.82. The first kappa shape index (κ1) is 12.3. The molecule has 0 radical (unpaired) electrons. The van der Waals surface area contributed by atoms with Crippen LogP contribution in [0.2, 0.25) is 0 Å². The Hall–Kier alpha value is -3.20. The fraction of sp³-hybridized carbons (Fsp3) is 0.0476. The minimum atomic E-state index is 0.255. The van der Waals surface area contributed by atoms with E-state index in [1.807, 2.05) is 6.20 Å². The molecule has 1 aliphatic carbocycles. The molecule has 0 amide bonds. The number of para-hydroxylation sites is 1. The van der Waals surface area contributed by atoms with E-state index in [0.717, 1.165) is 22.7 Å². The van der Waals surface area contributed by atoms with Crippen LogP contribution in [0.1, 0.15) is 11.1 Å². The minimum Gasteiger partial charge on any atom is -0.494 e. The molecular weight excluding hydrogens is 296 g/mol. The summed E-state index contributed by atoms with van der Waals surface area (Å²) in [5, 5.41) is 14.9. The van der Waals surface area contributed by atoms with Gasteiger partial charge in [-0.1, -0.05) is 42.5 Å². The molecule has 3 nitrogen and oxygen atoms in total. The van der Waals surface area contributed by atoms with Gasteiger partial charge in [-0.25, -0.2) is 0 Å². The lowest BCUT2D eigenvalue weighted by molar-refractivity contribution is 0.463. The van der Waals surface area contributed by atoms with Gasteiger partial charge in [0.1, 0.15) is 0 Å². The number of fused-ring (bicyclic) bond motifs is 10. The molecule has 0 saturated heterocycles. The topological polar surface area (TPSA) is 51.8 Å². The predicted molar refractivity (Wildman–Crippen MR) is 97.6 cm³/mol. The van der Waals surface area contributed by atoms with Crippen LogP contribution in [0.4, 0.5) is 0 Å². The maximum atomic E-state index is 10.5. The number of aromatic hydroxyl groups is 1. The normalized spacial score (nSPS) is 13.0. The Morgan fingerprint density at radius 3 is 2.67 bits per heavy atom. The number of benzene rings is 3. The van der Waals surface area contributed by atoms with Gasteiger partial charge >= 0.3 is 0 Å². The van der Waals surface area contributed by atoms with Crippen LogP contribution in [0.25, 0.3) is 43.7 Å². The summed E-state index contributed by atoms with van der Waals surface area (Å²) in [5.41, 5.74) is 7.32. The van der Waals surface area contributed by atoms with Crippen molar-refractivity contribution in [3.05, 3.63) is 65.9 Å². The Kier molecular flexibility index (Phi) is 2.04. The first-order valence-electron chi connectivity index (χ1n) is 8.16. The van der Waals surface area contributed by atoms with E-state index in [2.05, 4.69) is 58.5 Å². The number of hydrogen-bond donors (Lipinski definition) is 3. The van der Waals surface area contributed by atoms with E-state index in [-0.39, 0.29) is 5.88 Å². The smallest absolute Gasteiger partial charge is 0.197 e. The van der Waals surface area contributed by atoms with Crippen LogP contribution in [-0.4, -0.2) is 15.1 Å². The molecule has 0 atom stereocenters. The molecule has 0 unspecified atom stereocenters. The lowest BCUT2D eigenvalue weighted by Crippen LogP contribution is -1.85. The van der Waals surface area contributed by atoms with Gasteiger partial charge in [0.2, 0.25) is 0 Å². The summed E-state index contributed by atoms with van der Waals surface area (Å²) >= 11 is 0. The predicted octanol–water partition coefficient (Wildman–Crippen LogP) is 5.08. The second-order valence-electron chi connectivity index (χ2n) is 6.53. The Bertz CT molecular complexity index is 1290. The molecule has 114 valence electrons. The van der Waals surface area contributed by atoms with Crippen LogP contribution in [0.5, 0.6) is 5.88 Å². The van der Waals surface area contributed by atoms with E-state index >= 15 is 0 Å². The third-order valence-corrected chi connectivity index (χ3v) is 5.34. The second kappa shape index (κ2) is 4.01. The lowest BCUT2D eigenvalue weighted by atomic mass is 9.96. The van der Waals surface area contributed by atoms with Crippen molar-refractivity contribution in [1.29, 1.82) is 0 Å². The summed E-state index contributed by atoms with van der Waals surface area (Å²) in [5.74, 6) is 0.255. The quantitative estimate of drug-likeness (QED) is 0.360. The molecule has 5 aromatic rings. The Balaban J connectivity index is 1.95. The van der Waals surface area contributed by atoms with Crippen LogP contribution in [0, 0.1) is 0 Å². The number of H-pyrrole nitrogens is 2. The van der Waals surface area contributed by atoms with Gasteiger partial charge in [0.25, 0.3) is 0 Å². The van der Waals surface area contributed by atoms with E-state index in [9.17, 15) is 5.11 Å². The van der Waals surface area contributed by atoms with Crippen LogP contribution in [0.15, 0.2) is 54.7 Å². The molecule has 2 heterocycles. The van der Waals surface area contributed by atoms with Crippen molar-refractivity contribution >= 4 is 32.6 Å². The summed E-state index contributed by atoms with van der Waals surface area (Å²) in [6.45, 7) is 0. The first-order valence-corrected chi connectivity index (χ1v) is 8.16. The van der Waals surface area contributed by atoms with Crippen LogP contribution < -0.4 is 0 Å². The summed E-state index contributed by atoms with van der Waals surface area (Å²) in [7, 11) is 0. The van der Waals surface area contributed by atoms with Gasteiger partial charge in [0.15, 0.2) is 5.88 Å². The molecule has 3 aromatic carbocycles. The highest BCUT2D eigenvalue weighted by Crippen LogP contribution is 2.49. The van der Waals surface area contributed by atoms with Gasteiger partial charge in [-0.2, -0.15) is 0 Å². The van der Waals surface area contributed by atoms with Crippen molar-refractivity contribution in [2.24, 2.45) is 0 Å². The van der Waals surface area contributed by atoms with Gasteiger partial charge in [-0.05, 0) is 22.8 Å². The maximum absolute atomic E-state index is 10.5. The fourth-order valence-corrected chi connectivity index (χ4v) is 4.37. The maximum Gasteiger partial charge on any atom is 0.197 e. The lowest BCUT2D eigenvalue weighted by Gasteiger charge is -2.06. The highest BCUT2D eigenvalue weighted by atomic mass is 16.3. The second-order valence-corrected chi connectivity index (χ2v) is 6.53. The van der Waals surface area contributed by atoms with Crippen LogP contribution >= 0.6 is 0 Å². The van der Waals surface area contributed by atoms with Gasteiger partial charge in [-0.15, -0.1) is 0 Å². The highest BCUT2D eigenvalue weighted by Gasteiger charge is 2.27. The van der Waals surface area contributed by atoms with E-state index in [1.54, 1.807) is 0 Å². The standard InChI is InChI=1S/C21H14N2O/c24-21-19-15(10-22-21)18-13-7-3-4-8-16(13)23-20(18)14-9-11-5-1-2-6-12(11)17(14)19/h1-8,10,22-24H,9H2. The van der Waals surface area contributed by atoms with Crippen molar-refractivity contribution in [1.82, 2.24) is 9.97 Å². The number of rotatable bonds is 0. The van der Waals surface area contributed by atoms with E-state index in [0.29, 0.717) is 0 Å². The van der Waals surface area contributed by atoms with Crippen LogP contribution in [-0.2, 0) is 6.42 Å². The monoisotopic (exact) mass is 310 g/mol. The van der Waals surface area contributed by atoms with E-state index < -0.39 is 0 Å². The van der Waals surface area contributed by atoms with Crippen molar-refractivity contribution in [2.45, 2.75) is 6.42 Å². The van der Waals surface area contributed by atoms with Crippen molar-refractivity contribution in [3.63, 3.8) is 0 Å². The summed E-state index contributed by atoms with van der Waals surface area (Å²) in [6, 6.07) is 16.9. The number of nitrogens with one attached hydrogen (secondary N) is 2. The zero-order valence-electron chi connectivity index (χ0n) is 12.9. The first-order chi connectivity index (χ1) is 11.8. The van der Waals surface area contributed by atoms with Crippen molar-refractivity contribution < 1.29 is 5.11 Å². The molecule has 0 bridgehead atoms. The zero-order chi connectivity index (χ0) is 15.8. The molecule has 1 aliphatic rings. The molecule has 2 aromatic heterocycles. The third-order valence-electron chi connectivity index (χ3n) is 5.34. The van der Waals surface area contributed by atoms with Gasteiger partial charge in [-0.3, -0.25) is 0 Å². The summed E-state index contributed by atoms with van der Waals surface area (Å²) < 4.78 is 0. The molecule has 0 spiro atoms. The molecule has 24 heavy (non-hydrogen) atoms. The molecule has 0 fully saturated rings. The number of aromatic amines is 2. The van der Waals surface area contributed by atoms with E-state index in [1.165, 1.54) is 38.5 Å². The molecule has 3 heteroatoms. The minimum absolute atomic E-state index is 0.255. The highest BCUT2D eigenvalue weighted by molar-refractivity contribution is 6.26. The Morgan fingerprint density at radius 2 is 1.71 bits per heavy atom. The number of hydrogen-bond acceptors (Lipinski definition) is 1. The zero-order valence-corrected chi connectivity index (χ0v) is 12.9. The van der Waals surface area contributed by atoms with Gasteiger partial charge < -0.3 is 15.1 Å². The molecule has 0 saturated carbocycles. The number of aromatic nitrogens is 2. The largest absolute Gasteiger partial charge is 0.494 e. The summed E-state index contributed by atoms with van der Waals surface area (Å²) in [4.78, 5) is 6.64. The molecular formula is C21H14N2O. The van der Waals surface area contributed by atoms with Gasteiger partial charge in [0.05, 0.1) is 10.9 Å². The SMILES string of the molecule is Oc1[nH]cc2c1c1c(c3[nH]c4ccccc4c32)Cc2ccccc2-1. The third kappa shape index (κ3) is 1.30. The van der Waals surface area contributed by atoms with Crippen LogP contribution in [0.3, 0.4) is 0 Å². The molecule has 3 N–H and O–H groups in total.